The molecule has 0 N–H and O–H groups in total. The van der Waals surface area contributed by atoms with Gasteiger partial charge in [-0.1, -0.05) is 224 Å². The van der Waals surface area contributed by atoms with Crippen molar-refractivity contribution in [2.75, 3.05) is 9.80 Å². The van der Waals surface area contributed by atoms with E-state index in [0.29, 0.717) is 0 Å². The number of anilines is 6. The largest absolute Gasteiger partial charge is 0.311 e. The third-order valence-electron chi connectivity index (χ3n) is 16.5. The van der Waals surface area contributed by atoms with Gasteiger partial charge in [0.1, 0.15) is 0 Å². The molecule has 13 aromatic carbocycles. The molecule has 370 valence electrons. The Hall–Kier alpha value is -9.96. The molecule has 0 saturated carbocycles. The van der Waals surface area contributed by atoms with Gasteiger partial charge in [-0.15, -0.1) is 0 Å². The Morgan fingerprint density at radius 1 is 0.241 bits per heavy atom. The van der Waals surface area contributed by atoms with E-state index in [-0.39, 0.29) is 6.71 Å². The van der Waals surface area contributed by atoms with Crippen molar-refractivity contribution in [3.63, 3.8) is 0 Å². The van der Waals surface area contributed by atoms with Gasteiger partial charge >= 0.3 is 0 Å². The zero-order valence-corrected chi connectivity index (χ0v) is 44.1. The van der Waals surface area contributed by atoms with Gasteiger partial charge in [-0.2, -0.15) is 0 Å². The van der Waals surface area contributed by atoms with E-state index < -0.39 is 0 Å². The van der Waals surface area contributed by atoms with Crippen molar-refractivity contribution in [3.05, 3.63) is 296 Å². The highest BCUT2D eigenvalue weighted by Gasteiger charge is 2.44. The number of rotatable bonds is 8. The highest BCUT2D eigenvalue weighted by atomic mass is 15.2. The molecule has 0 bridgehead atoms. The minimum absolute atomic E-state index is 0.106. The van der Waals surface area contributed by atoms with E-state index in [9.17, 15) is 0 Å². The van der Waals surface area contributed by atoms with Gasteiger partial charge < -0.3 is 9.80 Å². The topological polar surface area (TPSA) is 6.48 Å². The number of nitrogens with zero attached hydrogens (tertiary/aromatic N) is 2. The predicted molar refractivity (Wildman–Crippen MR) is 338 cm³/mol. The summed E-state index contributed by atoms with van der Waals surface area (Å²) in [5, 5.41) is 4.87. The maximum absolute atomic E-state index is 2.61. The van der Waals surface area contributed by atoms with Crippen LogP contribution in [0.15, 0.2) is 285 Å². The maximum atomic E-state index is 2.61. The van der Waals surface area contributed by atoms with E-state index in [4.69, 9.17) is 0 Å². The lowest BCUT2D eigenvalue weighted by atomic mass is 9.33. The second kappa shape index (κ2) is 19.0. The van der Waals surface area contributed by atoms with Crippen LogP contribution in [0, 0.1) is 13.8 Å². The highest BCUT2D eigenvalue weighted by Crippen LogP contribution is 2.50. The molecule has 2 nitrogen and oxygen atoms in total. The van der Waals surface area contributed by atoms with E-state index in [0.717, 1.165) is 11.4 Å². The first-order valence-electron chi connectivity index (χ1n) is 27.5. The molecule has 0 radical (unpaired) electrons. The van der Waals surface area contributed by atoms with Crippen LogP contribution in [-0.2, 0) is 0 Å². The SMILES string of the molecule is Cc1cc(-c2ccccc2)cc(C)c1-c1cc2c3c(c1)N(c1cc(-c4ccccc4)cc(-c4ccccc4)c1)c1cc4ccccc4cc1B3c1cc3ccccc3cc1N2c1cc(-c2ccccc2)cc(-c2ccccc2)c1. The Labute approximate surface area is 462 Å². The molecule has 0 saturated heterocycles. The van der Waals surface area contributed by atoms with Gasteiger partial charge in [0.05, 0.1) is 0 Å². The summed E-state index contributed by atoms with van der Waals surface area (Å²) in [5.41, 5.74) is 27.5. The number of fused-ring (bicyclic) bond motifs is 6. The Morgan fingerprint density at radius 3 is 0.861 bits per heavy atom. The van der Waals surface area contributed by atoms with E-state index >= 15 is 0 Å². The summed E-state index contributed by atoms with van der Waals surface area (Å²) >= 11 is 0. The molecule has 0 unspecified atom stereocenters. The number of benzene rings is 13. The van der Waals surface area contributed by atoms with Gasteiger partial charge in [0.2, 0.25) is 0 Å². The van der Waals surface area contributed by atoms with Crippen molar-refractivity contribution in [2.45, 2.75) is 13.8 Å². The van der Waals surface area contributed by atoms with Crippen LogP contribution in [0.2, 0.25) is 0 Å². The van der Waals surface area contributed by atoms with Crippen LogP contribution in [0.5, 0.6) is 0 Å². The Bertz CT molecular complexity index is 4120. The molecule has 0 atom stereocenters. The first kappa shape index (κ1) is 46.4. The normalized spacial score (nSPS) is 12.4. The number of aryl methyl sites for hydroxylation is 2. The summed E-state index contributed by atoms with van der Waals surface area (Å²) in [6.07, 6.45) is 0. The lowest BCUT2D eigenvalue weighted by Crippen LogP contribution is -2.61. The van der Waals surface area contributed by atoms with Crippen molar-refractivity contribution in [2.24, 2.45) is 0 Å². The van der Waals surface area contributed by atoms with E-state index in [1.165, 1.54) is 139 Å². The molecule has 0 spiro atoms. The Kier molecular flexibility index (Phi) is 11.1. The first-order chi connectivity index (χ1) is 39.0. The monoisotopic (exact) mass is 1000 g/mol. The second-order valence-corrected chi connectivity index (χ2v) is 21.4. The molecule has 3 heteroatoms. The summed E-state index contributed by atoms with van der Waals surface area (Å²) in [4.78, 5) is 5.23. The standard InChI is InChI=1S/C76H53BN2/c1-50-36-61(52-22-8-3-9-23-52)37-51(2)75(50)66-48-73-76-74(49-66)79(68-42-64(55-28-14-6-15-29-55)39-65(43-68)56-30-16-7-17-31-56)72-47-60-35-21-19-33-58(60)45-70(72)77(76)69-44-57-32-18-20-34-59(57)46-71(69)78(73)67-40-62(53-24-10-4-11-25-53)38-63(41-67)54-26-12-5-13-27-54/h3-49H,1-2H3. The van der Waals surface area contributed by atoms with Crippen molar-refractivity contribution < 1.29 is 0 Å². The average molecular weight is 1010 g/mol. The molecule has 0 fully saturated rings. The van der Waals surface area contributed by atoms with Gasteiger partial charge in [-0.05, 0) is 190 Å². The van der Waals surface area contributed by atoms with Crippen molar-refractivity contribution in [1.82, 2.24) is 0 Å². The average Bonchev–Trinajstić information content (AvgIpc) is 3.65. The van der Waals surface area contributed by atoms with E-state index in [2.05, 4.69) is 309 Å². The summed E-state index contributed by atoms with van der Waals surface area (Å²) in [7, 11) is 0. The molecule has 13 aromatic rings. The third kappa shape index (κ3) is 8.05. The van der Waals surface area contributed by atoms with Crippen LogP contribution >= 0.6 is 0 Å². The molecule has 2 aliphatic heterocycles. The highest BCUT2D eigenvalue weighted by molar-refractivity contribution is 7.00. The van der Waals surface area contributed by atoms with Gasteiger partial charge in [-0.3, -0.25) is 0 Å². The minimum Gasteiger partial charge on any atom is -0.311 e. The predicted octanol–water partition coefficient (Wildman–Crippen LogP) is 18.7. The van der Waals surface area contributed by atoms with Gasteiger partial charge in [0.25, 0.3) is 6.71 Å². The molecule has 0 aliphatic carbocycles. The van der Waals surface area contributed by atoms with E-state index in [1.807, 2.05) is 0 Å². The molecule has 2 heterocycles. The molecular formula is C76H53BN2. The first-order valence-corrected chi connectivity index (χ1v) is 27.5. The molecule has 0 aromatic heterocycles. The third-order valence-corrected chi connectivity index (χ3v) is 16.5. The number of hydrogen-bond donors (Lipinski definition) is 0. The number of hydrogen-bond acceptors (Lipinski definition) is 2. The maximum Gasteiger partial charge on any atom is 0.252 e. The molecule has 0 amide bonds. The molecule has 2 aliphatic rings. The minimum atomic E-state index is -0.106. The van der Waals surface area contributed by atoms with Crippen LogP contribution < -0.4 is 26.2 Å². The molecular weight excluding hydrogens is 952 g/mol. The Balaban J connectivity index is 1.09. The fourth-order valence-electron chi connectivity index (χ4n) is 13.0. The van der Waals surface area contributed by atoms with Crippen molar-refractivity contribution >= 4 is 78.8 Å². The zero-order chi connectivity index (χ0) is 52.6. The smallest absolute Gasteiger partial charge is 0.252 e. The fourth-order valence-corrected chi connectivity index (χ4v) is 13.0. The van der Waals surface area contributed by atoms with Crippen LogP contribution in [0.3, 0.4) is 0 Å². The summed E-state index contributed by atoms with van der Waals surface area (Å²) < 4.78 is 0. The molecule has 15 rings (SSSR count). The van der Waals surface area contributed by atoms with Crippen molar-refractivity contribution in [1.29, 1.82) is 0 Å². The van der Waals surface area contributed by atoms with Gasteiger partial charge in [0, 0.05) is 34.1 Å². The summed E-state index contributed by atoms with van der Waals surface area (Å²) in [6, 6.07) is 106. The van der Waals surface area contributed by atoms with Crippen LogP contribution in [-0.4, -0.2) is 6.71 Å². The van der Waals surface area contributed by atoms with E-state index in [1.54, 1.807) is 0 Å². The van der Waals surface area contributed by atoms with Crippen molar-refractivity contribution in [3.8, 4) is 66.8 Å². The van der Waals surface area contributed by atoms with Crippen LogP contribution in [0.25, 0.3) is 88.3 Å². The van der Waals surface area contributed by atoms with Gasteiger partial charge in [-0.25, -0.2) is 0 Å². The summed E-state index contributed by atoms with van der Waals surface area (Å²) in [5.74, 6) is 0. The quantitative estimate of drug-likeness (QED) is 0.140. The fraction of sp³-hybridized carbons (Fsp3) is 0.0263. The van der Waals surface area contributed by atoms with Crippen LogP contribution in [0.1, 0.15) is 11.1 Å². The summed E-state index contributed by atoms with van der Waals surface area (Å²) in [6.45, 7) is 4.49. The Morgan fingerprint density at radius 2 is 0.532 bits per heavy atom. The second-order valence-electron chi connectivity index (χ2n) is 21.4. The molecule has 79 heavy (non-hydrogen) atoms. The van der Waals surface area contributed by atoms with Crippen LogP contribution in [0.4, 0.5) is 34.1 Å². The lowest BCUT2D eigenvalue weighted by Gasteiger charge is -2.45. The van der Waals surface area contributed by atoms with Gasteiger partial charge in [0.15, 0.2) is 0 Å². The zero-order valence-electron chi connectivity index (χ0n) is 44.1. The lowest BCUT2D eigenvalue weighted by molar-refractivity contribution is 1.25.